The Labute approximate surface area is 136 Å². The zero-order valence-electron chi connectivity index (χ0n) is 12.6. The Bertz CT molecular complexity index is 725. The number of hydrogen-bond acceptors (Lipinski definition) is 3. The molecule has 0 radical (unpaired) electrons. The maximum Gasteiger partial charge on any atom is 0.573 e. The number of ether oxygens (including phenoxy) is 2. The molecule has 0 saturated heterocycles. The third-order valence-corrected chi connectivity index (χ3v) is 2.91. The van der Waals surface area contributed by atoms with Crippen molar-refractivity contribution < 1.29 is 27.4 Å². The fourth-order valence-electron chi connectivity index (χ4n) is 1.87. The predicted octanol–water partition coefficient (Wildman–Crippen LogP) is 4.25. The van der Waals surface area contributed by atoms with Crippen LogP contribution >= 0.6 is 0 Å². The highest BCUT2D eigenvalue weighted by Gasteiger charge is 2.30. The zero-order valence-corrected chi connectivity index (χ0v) is 12.6. The molecule has 0 saturated carbocycles. The van der Waals surface area contributed by atoms with Gasteiger partial charge in [0.05, 0.1) is 12.8 Å². The lowest BCUT2D eigenvalue weighted by Gasteiger charge is -2.08. The van der Waals surface area contributed by atoms with Gasteiger partial charge in [0.2, 0.25) is 5.91 Å². The number of carbonyl (C=O) groups excluding carboxylic acids is 1. The van der Waals surface area contributed by atoms with Gasteiger partial charge in [-0.15, -0.1) is 13.2 Å². The van der Waals surface area contributed by atoms with Gasteiger partial charge in [-0.05, 0) is 35.9 Å². The molecule has 2 aromatic rings. The van der Waals surface area contributed by atoms with Crippen LogP contribution in [0.25, 0.3) is 6.08 Å². The highest BCUT2D eigenvalue weighted by atomic mass is 19.4. The van der Waals surface area contributed by atoms with Crippen LogP contribution in [-0.2, 0) is 4.79 Å². The van der Waals surface area contributed by atoms with Gasteiger partial charge in [-0.2, -0.15) is 0 Å². The molecule has 24 heavy (non-hydrogen) atoms. The number of nitrogens with one attached hydrogen (secondary N) is 1. The number of halogens is 3. The van der Waals surface area contributed by atoms with Crippen LogP contribution in [0.4, 0.5) is 18.9 Å². The van der Waals surface area contributed by atoms with Gasteiger partial charge in [0.15, 0.2) is 0 Å². The Kier molecular flexibility index (Phi) is 5.47. The van der Waals surface area contributed by atoms with Crippen LogP contribution in [0.15, 0.2) is 54.6 Å². The average molecular weight is 337 g/mol. The van der Waals surface area contributed by atoms with E-state index in [1.54, 1.807) is 24.3 Å². The summed E-state index contributed by atoms with van der Waals surface area (Å²) in [5, 5.41) is 2.65. The quantitative estimate of drug-likeness (QED) is 0.830. The summed E-state index contributed by atoms with van der Waals surface area (Å²) >= 11 is 0. The minimum atomic E-state index is -4.73. The van der Waals surface area contributed by atoms with Crippen LogP contribution in [-0.4, -0.2) is 19.4 Å². The van der Waals surface area contributed by atoms with Crippen LogP contribution in [0.3, 0.4) is 0 Å². The van der Waals surface area contributed by atoms with E-state index in [1.807, 2.05) is 0 Å². The molecule has 0 fully saturated rings. The molecule has 0 aliphatic rings. The van der Waals surface area contributed by atoms with E-state index in [9.17, 15) is 18.0 Å². The van der Waals surface area contributed by atoms with Gasteiger partial charge in [0.25, 0.3) is 0 Å². The Morgan fingerprint density at radius 1 is 1.08 bits per heavy atom. The normalized spacial score (nSPS) is 11.3. The first kappa shape index (κ1) is 17.4. The van der Waals surface area contributed by atoms with Crippen LogP contribution < -0.4 is 14.8 Å². The predicted molar refractivity (Wildman–Crippen MR) is 83.8 cm³/mol. The van der Waals surface area contributed by atoms with Crippen molar-refractivity contribution in [2.24, 2.45) is 0 Å². The smallest absolute Gasteiger partial charge is 0.495 e. The van der Waals surface area contributed by atoms with Crippen molar-refractivity contribution in [3.8, 4) is 11.5 Å². The van der Waals surface area contributed by atoms with Crippen molar-refractivity contribution in [1.29, 1.82) is 0 Å². The third-order valence-electron chi connectivity index (χ3n) is 2.91. The van der Waals surface area contributed by atoms with Crippen molar-refractivity contribution in [1.82, 2.24) is 0 Å². The number of rotatable bonds is 5. The molecule has 1 amide bonds. The maximum atomic E-state index is 12.1. The monoisotopic (exact) mass is 337 g/mol. The van der Waals surface area contributed by atoms with Crippen LogP contribution in [0.5, 0.6) is 11.5 Å². The van der Waals surface area contributed by atoms with Crippen LogP contribution in [0.1, 0.15) is 5.56 Å². The van der Waals surface area contributed by atoms with Crippen molar-refractivity contribution in [3.05, 3.63) is 60.2 Å². The lowest BCUT2D eigenvalue weighted by atomic mass is 10.2. The van der Waals surface area contributed by atoms with Gasteiger partial charge >= 0.3 is 6.36 Å². The summed E-state index contributed by atoms with van der Waals surface area (Å²) in [5.74, 6) is -0.193. The summed E-state index contributed by atoms with van der Waals surface area (Å²) in [6.45, 7) is 0. The molecule has 0 heterocycles. The molecule has 0 bridgehead atoms. The molecule has 7 heteroatoms. The Balaban J connectivity index is 1.98. The Hall–Kier alpha value is -2.96. The molecule has 0 atom stereocenters. The summed E-state index contributed by atoms with van der Waals surface area (Å²) in [5.41, 5.74) is 1.07. The molecule has 0 aromatic heterocycles. The van der Waals surface area contributed by atoms with Gasteiger partial charge in [0, 0.05) is 6.08 Å². The van der Waals surface area contributed by atoms with Gasteiger partial charge in [0.1, 0.15) is 11.5 Å². The van der Waals surface area contributed by atoms with E-state index in [-0.39, 0.29) is 5.75 Å². The zero-order chi connectivity index (χ0) is 17.6. The van der Waals surface area contributed by atoms with E-state index in [1.165, 1.54) is 43.5 Å². The molecule has 0 aliphatic carbocycles. The summed E-state index contributed by atoms with van der Waals surface area (Å²) in [6, 6.07) is 12.1. The van der Waals surface area contributed by atoms with E-state index in [2.05, 4.69) is 10.1 Å². The number of para-hydroxylation sites is 2. The van der Waals surface area contributed by atoms with Gasteiger partial charge in [-0.25, -0.2) is 0 Å². The summed E-state index contributed by atoms with van der Waals surface area (Å²) in [7, 11) is 1.49. The van der Waals surface area contributed by atoms with Crippen LogP contribution in [0, 0.1) is 0 Å². The Morgan fingerprint density at radius 3 is 2.38 bits per heavy atom. The minimum Gasteiger partial charge on any atom is -0.495 e. The molecule has 4 nitrogen and oxygen atoms in total. The van der Waals surface area contributed by atoms with Crippen molar-refractivity contribution >= 4 is 17.7 Å². The van der Waals surface area contributed by atoms with E-state index in [0.717, 1.165) is 0 Å². The summed E-state index contributed by atoms with van der Waals surface area (Å²) in [6.07, 6.45) is -1.99. The Morgan fingerprint density at radius 2 is 1.75 bits per heavy atom. The molecule has 2 aromatic carbocycles. The third kappa shape index (κ3) is 5.35. The topological polar surface area (TPSA) is 47.6 Å². The lowest BCUT2D eigenvalue weighted by molar-refractivity contribution is -0.274. The minimum absolute atomic E-state index is 0.321. The number of benzene rings is 2. The first-order valence-electron chi connectivity index (χ1n) is 6.85. The van der Waals surface area contributed by atoms with Gasteiger partial charge in [-0.1, -0.05) is 24.3 Å². The molecule has 126 valence electrons. The maximum absolute atomic E-state index is 12.1. The molecule has 0 unspecified atom stereocenters. The van der Waals surface area contributed by atoms with Crippen molar-refractivity contribution in [2.45, 2.75) is 6.36 Å². The first-order chi connectivity index (χ1) is 11.4. The van der Waals surface area contributed by atoms with E-state index < -0.39 is 12.3 Å². The fraction of sp³-hybridized carbons (Fsp3) is 0.118. The summed E-state index contributed by atoms with van der Waals surface area (Å²) < 4.78 is 45.1. The fourth-order valence-corrected chi connectivity index (χ4v) is 1.87. The number of carbonyl (C=O) groups is 1. The highest BCUT2D eigenvalue weighted by molar-refractivity contribution is 6.02. The number of anilines is 1. The SMILES string of the molecule is COc1ccccc1NC(=O)/C=C/c1ccc(OC(F)(F)F)cc1. The second-order valence-corrected chi connectivity index (χ2v) is 4.64. The van der Waals surface area contributed by atoms with Gasteiger partial charge in [-0.3, -0.25) is 4.79 Å². The highest BCUT2D eigenvalue weighted by Crippen LogP contribution is 2.24. The summed E-state index contributed by atoms with van der Waals surface area (Å²) in [4.78, 5) is 11.9. The first-order valence-corrected chi connectivity index (χ1v) is 6.85. The second kappa shape index (κ2) is 7.54. The molecular formula is C17H14F3NO3. The molecule has 2 rings (SSSR count). The molecular weight excluding hydrogens is 323 g/mol. The molecule has 0 spiro atoms. The van der Waals surface area contributed by atoms with E-state index >= 15 is 0 Å². The second-order valence-electron chi connectivity index (χ2n) is 4.64. The molecule has 1 N–H and O–H groups in total. The van der Waals surface area contributed by atoms with E-state index in [4.69, 9.17) is 4.74 Å². The largest absolute Gasteiger partial charge is 0.573 e. The number of alkyl halides is 3. The molecule has 0 aliphatic heterocycles. The number of hydrogen-bond donors (Lipinski definition) is 1. The van der Waals surface area contributed by atoms with Crippen molar-refractivity contribution in [2.75, 3.05) is 12.4 Å². The standard InChI is InChI=1S/C17H14F3NO3/c1-23-15-5-3-2-4-14(15)21-16(22)11-8-12-6-9-13(10-7-12)24-17(18,19)20/h2-11H,1H3,(H,21,22)/b11-8+. The average Bonchev–Trinajstić information content (AvgIpc) is 2.53. The van der Waals surface area contributed by atoms with Gasteiger partial charge < -0.3 is 14.8 Å². The number of amides is 1. The van der Waals surface area contributed by atoms with E-state index in [0.29, 0.717) is 17.0 Å². The van der Waals surface area contributed by atoms with Crippen LogP contribution in [0.2, 0.25) is 0 Å². The number of methoxy groups -OCH3 is 1. The van der Waals surface area contributed by atoms with Crippen molar-refractivity contribution in [3.63, 3.8) is 0 Å². The lowest BCUT2D eigenvalue weighted by Crippen LogP contribution is -2.16.